The first kappa shape index (κ1) is 75.0. The normalized spacial score (nSPS) is 18.2. The molecule has 4 fully saturated rings. The van der Waals surface area contributed by atoms with Crippen LogP contribution in [0.1, 0.15) is 73.6 Å². The SMILES string of the molecule is CN(CCCl)CCCl.CN1CCC(C#N)(c2ccc(Cl)cc2)CC1.CN1CCC(C#N)(c2ccc(Cl)cc2)CC1.CN1CCC(C=O)(c2ccc(Cl)cc2)CC1.CNCC1(c2ccc(Cl)cc2)CCN(C)CC1.Cl.ClCCNCCCl. The van der Waals surface area contributed by atoms with E-state index in [1.54, 1.807) is 0 Å². The van der Waals surface area contributed by atoms with E-state index in [0.717, 1.165) is 154 Å². The second-order valence-corrected chi connectivity index (χ2v) is 24.8. The van der Waals surface area contributed by atoms with Crippen molar-refractivity contribution >= 4 is 112 Å². The van der Waals surface area contributed by atoms with E-state index < -0.39 is 0 Å². The Morgan fingerprint density at radius 3 is 1.07 bits per heavy atom. The highest BCUT2D eigenvalue weighted by molar-refractivity contribution is 6.31. The van der Waals surface area contributed by atoms with Gasteiger partial charge in [-0.15, -0.1) is 58.8 Å². The molecule has 19 heteroatoms. The number of likely N-dealkylation sites (tertiary alicyclic amines) is 4. The van der Waals surface area contributed by atoms with Crippen molar-refractivity contribution in [2.45, 2.75) is 73.0 Å². The molecule has 0 spiro atoms. The van der Waals surface area contributed by atoms with Gasteiger partial charge in [-0.2, -0.15) is 10.5 Å². The summed E-state index contributed by atoms with van der Waals surface area (Å²) in [6.45, 7) is 12.8. The van der Waals surface area contributed by atoms with Gasteiger partial charge in [-0.25, -0.2) is 0 Å². The zero-order valence-electron chi connectivity index (χ0n) is 48.5. The third-order valence-corrected chi connectivity index (χ3v) is 17.5. The van der Waals surface area contributed by atoms with Gasteiger partial charge in [-0.1, -0.05) is 94.9 Å². The van der Waals surface area contributed by atoms with Crippen molar-refractivity contribution in [2.24, 2.45) is 0 Å². The maximum absolute atomic E-state index is 11.4. The molecule has 0 aromatic heterocycles. The van der Waals surface area contributed by atoms with Crippen molar-refractivity contribution in [3.05, 3.63) is 139 Å². The van der Waals surface area contributed by atoms with Crippen molar-refractivity contribution in [1.29, 1.82) is 10.5 Å². The summed E-state index contributed by atoms with van der Waals surface area (Å²) in [5.74, 6) is 2.70. The lowest BCUT2D eigenvalue weighted by Crippen LogP contribution is -2.46. The molecule has 4 aromatic rings. The molecule has 0 bridgehead atoms. The second kappa shape index (κ2) is 40.3. The topological polar surface area (TPSA) is 105 Å². The second-order valence-electron chi connectivity index (χ2n) is 21.5. The van der Waals surface area contributed by atoms with Crippen molar-refractivity contribution < 1.29 is 4.79 Å². The molecule has 0 radical (unpaired) electrons. The van der Waals surface area contributed by atoms with E-state index in [-0.39, 0.29) is 34.1 Å². The van der Waals surface area contributed by atoms with Gasteiger partial charge in [0.15, 0.2) is 0 Å². The van der Waals surface area contributed by atoms with Gasteiger partial charge in [0.1, 0.15) is 6.29 Å². The Hall–Kier alpha value is -2.14. The molecule has 4 saturated heterocycles. The Labute approximate surface area is 533 Å². The maximum atomic E-state index is 11.4. The van der Waals surface area contributed by atoms with Gasteiger partial charge in [-0.3, -0.25) is 0 Å². The maximum Gasteiger partial charge on any atom is 0.130 e. The number of likely N-dealkylation sites (N-methyl/N-ethyl adjacent to an activating group) is 1. The van der Waals surface area contributed by atoms with Gasteiger partial charge >= 0.3 is 0 Å². The number of halogens is 9. The Balaban J connectivity index is 0.000000340. The quantitative estimate of drug-likeness (QED) is 0.0679. The predicted octanol–water partition coefficient (Wildman–Crippen LogP) is 13.6. The van der Waals surface area contributed by atoms with Crippen molar-refractivity contribution in [3.8, 4) is 12.1 Å². The van der Waals surface area contributed by atoms with Gasteiger partial charge in [0, 0.05) is 81.7 Å². The largest absolute Gasteiger partial charge is 0.319 e. The first-order valence-electron chi connectivity index (χ1n) is 27.7. The van der Waals surface area contributed by atoms with Crippen LogP contribution in [-0.2, 0) is 26.5 Å². The lowest BCUT2D eigenvalue weighted by atomic mass is 9.73. The summed E-state index contributed by atoms with van der Waals surface area (Å²) in [6.07, 6.45) is 8.96. The number of aldehydes is 1. The summed E-state index contributed by atoms with van der Waals surface area (Å²) in [7, 11) is 12.5. The molecule has 450 valence electrons. The van der Waals surface area contributed by atoms with Crippen LogP contribution >= 0.6 is 105 Å². The molecule has 4 aliphatic rings. The molecule has 0 saturated carbocycles. The lowest BCUT2D eigenvalue weighted by Gasteiger charge is -2.41. The highest BCUT2D eigenvalue weighted by Gasteiger charge is 2.38. The van der Waals surface area contributed by atoms with Crippen LogP contribution in [0.3, 0.4) is 0 Å². The fraction of sp³-hybridized carbons (Fsp3) is 0.565. The third kappa shape index (κ3) is 25.4. The number of nitrogens with zero attached hydrogens (tertiary/aromatic N) is 7. The van der Waals surface area contributed by atoms with Crippen molar-refractivity contribution in [2.75, 3.05) is 151 Å². The molecular formula is C62H88Cl9N9O. The molecule has 4 aliphatic heterocycles. The molecule has 4 aromatic carbocycles. The Morgan fingerprint density at radius 2 is 0.790 bits per heavy atom. The zero-order valence-corrected chi connectivity index (χ0v) is 55.3. The number of piperidine rings is 4. The Morgan fingerprint density at radius 1 is 0.494 bits per heavy atom. The third-order valence-electron chi connectivity index (χ3n) is 15.8. The number of nitrogens with one attached hydrogen (secondary N) is 2. The smallest absolute Gasteiger partial charge is 0.130 e. The van der Waals surface area contributed by atoms with E-state index in [9.17, 15) is 15.3 Å². The number of nitriles is 2. The molecular weight excluding hydrogens is 1210 g/mol. The Kier molecular flexibility index (Phi) is 37.3. The van der Waals surface area contributed by atoms with Crippen LogP contribution in [0.4, 0.5) is 0 Å². The van der Waals surface area contributed by atoms with Crippen LogP contribution in [0, 0.1) is 22.7 Å². The molecule has 8 rings (SSSR count). The van der Waals surface area contributed by atoms with Crippen LogP contribution in [0.5, 0.6) is 0 Å². The van der Waals surface area contributed by atoms with E-state index >= 15 is 0 Å². The summed E-state index contributed by atoms with van der Waals surface area (Å²) >= 11 is 45.1. The van der Waals surface area contributed by atoms with E-state index in [1.807, 2.05) is 99.0 Å². The minimum Gasteiger partial charge on any atom is -0.319 e. The monoisotopic (exact) mass is 1290 g/mol. The molecule has 4 heterocycles. The number of rotatable bonds is 15. The first-order valence-corrected chi connectivity index (χ1v) is 31.4. The number of carbonyl (C=O) groups is 1. The summed E-state index contributed by atoms with van der Waals surface area (Å²) in [5, 5.41) is 28.3. The molecule has 0 amide bonds. The van der Waals surface area contributed by atoms with Crippen LogP contribution in [0.2, 0.25) is 20.1 Å². The molecule has 10 nitrogen and oxygen atoms in total. The summed E-state index contributed by atoms with van der Waals surface area (Å²) in [5.41, 5.74) is 4.10. The standard InChI is InChI=1S/C14H21ClN2.2C13H15ClN2.C13H16ClNO.C5H11Cl2N.C4H9Cl2N.ClH/c1-16-11-14(7-9-17(2)10-8-14)12-3-5-13(15)6-4-12;2*1-16-8-6-13(10-15,7-9-16)11-2-4-12(14)5-3-11;1-15-8-6-13(10-16,7-9-15)11-2-4-12(14)5-3-11;1-8(4-2-6)5-3-7;5-1-3-7-4-2-6;/h3-6,16H,7-11H2,1-2H3;2*2-5H,6-9H2,1H3;2-5,10H,6-9H2,1H3;2-5H2,1H3;7H,1-4H2;1H. The van der Waals surface area contributed by atoms with Gasteiger partial charge in [-0.05, 0) is 217 Å². The van der Waals surface area contributed by atoms with Crippen LogP contribution in [0.15, 0.2) is 97.1 Å². The summed E-state index contributed by atoms with van der Waals surface area (Å²) in [4.78, 5) is 22.7. The summed E-state index contributed by atoms with van der Waals surface area (Å²) in [6, 6.07) is 36.5. The molecule has 81 heavy (non-hydrogen) atoms. The molecule has 0 atom stereocenters. The summed E-state index contributed by atoms with van der Waals surface area (Å²) < 4.78 is 0. The number of hydrogen-bond acceptors (Lipinski definition) is 10. The van der Waals surface area contributed by atoms with E-state index in [1.165, 1.54) is 31.5 Å². The highest BCUT2D eigenvalue weighted by atomic mass is 35.5. The molecule has 2 N–H and O–H groups in total. The fourth-order valence-electron chi connectivity index (χ4n) is 10.2. The van der Waals surface area contributed by atoms with Gasteiger partial charge < -0.3 is 39.9 Å². The van der Waals surface area contributed by atoms with Gasteiger partial charge in [0.2, 0.25) is 0 Å². The van der Waals surface area contributed by atoms with Crippen molar-refractivity contribution in [3.63, 3.8) is 0 Å². The Bertz CT molecular complexity index is 2290. The van der Waals surface area contributed by atoms with E-state index in [4.69, 9.17) is 92.8 Å². The highest BCUT2D eigenvalue weighted by Crippen LogP contribution is 2.38. The first-order chi connectivity index (χ1) is 38.4. The van der Waals surface area contributed by atoms with E-state index in [0.29, 0.717) is 23.5 Å². The number of carbonyl (C=O) groups excluding carboxylic acids is 1. The van der Waals surface area contributed by atoms with E-state index in [2.05, 4.69) is 87.6 Å². The minimum absolute atomic E-state index is 0. The molecule has 0 aliphatic carbocycles. The zero-order chi connectivity index (χ0) is 59.0. The molecule has 0 unspecified atom stereocenters. The average molecular weight is 1290 g/mol. The minimum atomic E-state index is -0.308. The number of benzene rings is 4. The lowest BCUT2D eigenvalue weighted by molar-refractivity contribution is -0.114. The van der Waals surface area contributed by atoms with Gasteiger partial charge in [0.05, 0.1) is 28.4 Å². The number of hydrogen-bond donors (Lipinski definition) is 2. The van der Waals surface area contributed by atoms with Gasteiger partial charge in [0.25, 0.3) is 0 Å². The number of alkyl halides is 4. The van der Waals surface area contributed by atoms with Crippen molar-refractivity contribution in [1.82, 2.24) is 35.1 Å². The van der Waals surface area contributed by atoms with Crippen LogP contribution in [-0.4, -0.2) is 182 Å². The fourth-order valence-corrected chi connectivity index (χ4v) is 11.5. The van der Waals surface area contributed by atoms with Crippen LogP contribution in [0.25, 0.3) is 0 Å². The predicted molar refractivity (Wildman–Crippen MR) is 351 cm³/mol. The van der Waals surface area contributed by atoms with Crippen LogP contribution < -0.4 is 10.6 Å². The average Bonchev–Trinajstić information content (AvgIpc) is 3.49.